The molecule has 0 aromatic carbocycles. The Labute approximate surface area is 165 Å². The number of carbonyl (C=O) groups is 5. The third kappa shape index (κ3) is 10.7. The maximum atomic E-state index is 12.1. The van der Waals surface area contributed by atoms with Crippen LogP contribution in [0.4, 0.5) is 0 Å². The van der Waals surface area contributed by atoms with Gasteiger partial charge in [0.15, 0.2) is 0 Å². The van der Waals surface area contributed by atoms with E-state index in [1.807, 2.05) is 0 Å². The largest absolute Gasteiger partial charge is 0.481 e. The van der Waals surface area contributed by atoms with Crippen LogP contribution in [0.2, 0.25) is 0 Å². The van der Waals surface area contributed by atoms with Gasteiger partial charge < -0.3 is 37.0 Å². The molecule has 13 heteroatoms. The Balaban J connectivity index is 4.53. The maximum Gasteiger partial charge on any atom is 0.326 e. The highest BCUT2D eigenvalue weighted by atomic mass is 32.2. The quantitative estimate of drug-likeness (QED) is 0.152. The van der Waals surface area contributed by atoms with Crippen LogP contribution >= 0.6 is 11.8 Å². The van der Waals surface area contributed by atoms with Gasteiger partial charge in [-0.05, 0) is 24.9 Å². The van der Waals surface area contributed by atoms with Crippen molar-refractivity contribution in [2.45, 2.75) is 37.4 Å². The number of hydrogen-bond donors (Lipinski definition) is 7. The van der Waals surface area contributed by atoms with Gasteiger partial charge in [-0.25, -0.2) is 4.79 Å². The third-order valence-corrected chi connectivity index (χ3v) is 4.13. The summed E-state index contributed by atoms with van der Waals surface area (Å²) in [5.74, 6) is -4.31. The monoisotopic (exact) mass is 422 g/mol. The maximum absolute atomic E-state index is 12.1. The smallest absolute Gasteiger partial charge is 0.326 e. The van der Waals surface area contributed by atoms with E-state index in [1.54, 1.807) is 6.26 Å². The second-order valence-corrected chi connectivity index (χ2v) is 6.73. The van der Waals surface area contributed by atoms with Gasteiger partial charge in [-0.2, -0.15) is 11.8 Å². The first-order valence-electron chi connectivity index (χ1n) is 8.29. The van der Waals surface area contributed by atoms with Crippen molar-refractivity contribution in [3.8, 4) is 0 Å². The number of aliphatic hydroxyl groups is 1. The lowest BCUT2D eigenvalue weighted by molar-refractivity contribution is -0.142. The average molecular weight is 422 g/mol. The topological polar surface area (TPSA) is 208 Å². The van der Waals surface area contributed by atoms with Crippen molar-refractivity contribution in [3.63, 3.8) is 0 Å². The standard InChI is InChI=1S/C15H26N4O8S/c1-28-5-4-9(15(26)27)19-14(25)10(7-20)18-11(21)6-17-13(24)8(16)2-3-12(22)23/h8-10,20H,2-7,16H2,1H3,(H,17,24)(H,18,21)(H,19,25)(H,22,23)(H,26,27). The summed E-state index contributed by atoms with van der Waals surface area (Å²) in [7, 11) is 0. The molecule has 160 valence electrons. The third-order valence-electron chi connectivity index (χ3n) is 3.49. The van der Waals surface area contributed by atoms with E-state index in [2.05, 4.69) is 16.0 Å². The van der Waals surface area contributed by atoms with Crippen LogP contribution < -0.4 is 21.7 Å². The minimum atomic E-state index is -1.40. The van der Waals surface area contributed by atoms with Crippen LogP contribution in [0.1, 0.15) is 19.3 Å². The molecule has 0 aliphatic heterocycles. The SMILES string of the molecule is CSCCC(NC(=O)C(CO)NC(=O)CNC(=O)C(N)CCC(=O)O)C(=O)O. The zero-order valence-corrected chi connectivity index (χ0v) is 16.2. The normalized spacial score (nSPS) is 13.7. The average Bonchev–Trinajstić information content (AvgIpc) is 2.64. The Morgan fingerprint density at radius 3 is 2.14 bits per heavy atom. The van der Waals surface area contributed by atoms with Crippen LogP contribution in [0.3, 0.4) is 0 Å². The molecule has 3 amide bonds. The summed E-state index contributed by atoms with van der Waals surface area (Å²) in [5.41, 5.74) is 5.48. The summed E-state index contributed by atoms with van der Waals surface area (Å²) in [6, 6.07) is -3.69. The molecule has 3 unspecified atom stereocenters. The fourth-order valence-electron chi connectivity index (χ4n) is 1.91. The Kier molecular flexibility index (Phi) is 12.6. The summed E-state index contributed by atoms with van der Waals surface area (Å²) in [5, 5.41) is 33.5. The molecule has 0 radical (unpaired) electrons. The minimum Gasteiger partial charge on any atom is -0.481 e. The number of nitrogens with one attached hydrogen (secondary N) is 3. The number of amides is 3. The number of aliphatic hydroxyl groups excluding tert-OH is 1. The number of nitrogens with two attached hydrogens (primary N) is 1. The van der Waals surface area contributed by atoms with Crippen molar-refractivity contribution < 1.29 is 39.3 Å². The molecule has 8 N–H and O–H groups in total. The fraction of sp³-hybridized carbons (Fsp3) is 0.667. The molecule has 0 aliphatic rings. The molecule has 0 aromatic heterocycles. The highest BCUT2D eigenvalue weighted by Crippen LogP contribution is 2.01. The zero-order valence-electron chi connectivity index (χ0n) is 15.3. The summed E-state index contributed by atoms with van der Waals surface area (Å²) in [6.45, 7) is -1.34. The van der Waals surface area contributed by atoms with Gasteiger partial charge in [0, 0.05) is 6.42 Å². The molecule has 0 aromatic rings. The lowest BCUT2D eigenvalue weighted by Crippen LogP contribution is -2.55. The van der Waals surface area contributed by atoms with Crippen molar-refractivity contribution in [3.05, 3.63) is 0 Å². The van der Waals surface area contributed by atoms with E-state index >= 15 is 0 Å². The number of aliphatic carboxylic acids is 2. The molecule has 0 spiro atoms. The number of carboxylic acid groups (broad SMARTS) is 2. The van der Waals surface area contributed by atoms with E-state index < -0.39 is 60.9 Å². The molecule has 12 nitrogen and oxygen atoms in total. The van der Waals surface area contributed by atoms with Crippen molar-refractivity contribution >= 4 is 41.4 Å². The second-order valence-electron chi connectivity index (χ2n) is 5.74. The van der Waals surface area contributed by atoms with E-state index in [0.29, 0.717) is 5.75 Å². The first-order valence-corrected chi connectivity index (χ1v) is 9.69. The van der Waals surface area contributed by atoms with Crippen molar-refractivity contribution in [1.29, 1.82) is 0 Å². The van der Waals surface area contributed by atoms with Gasteiger partial charge in [0.05, 0.1) is 19.2 Å². The minimum absolute atomic E-state index is 0.114. The van der Waals surface area contributed by atoms with E-state index in [4.69, 9.17) is 15.9 Å². The first kappa shape index (κ1) is 25.6. The van der Waals surface area contributed by atoms with Crippen molar-refractivity contribution in [1.82, 2.24) is 16.0 Å². The van der Waals surface area contributed by atoms with E-state index in [0.717, 1.165) is 0 Å². The number of rotatable bonds is 14. The number of hydrogen-bond acceptors (Lipinski definition) is 8. The molecule has 3 atom stereocenters. The first-order chi connectivity index (χ1) is 13.1. The molecule has 0 saturated carbocycles. The summed E-state index contributed by atoms with van der Waals surface area (Å²) in [6.07, 6.45) is 1.52. The molecular weight excluding hydrogens is 396 g/mol. The van der Waals surface area contributed by atoms with Gasteiger partial charge in [-0.3, -0.25) is 19.2 Å². The summed E-state index contributed by atoms with van der Waals surface area (Å²) in [4.78, 5) is 57.1. The van der Waals surface area contributed by atoms with Crippen molar-refractivity contribution in [2.24, 2.45) is 5.73 Å². The van der Waals surface area contributed by atoms with Gasteiger partial charge in [-0.1, -0.05) is 0 Å². The lowest BCUT2D eigenvalue weighted by atomic mass is 10.1. The predicted octanol–water partition coefficient (Wildman–Crippen LogP) is -2.91. The Morgan fingerprint density at radius 2 is 1.64 bits per heavy atom. The predicted molar refractivity (Wildman–Crippen MR) is 99.4 cm³/mol. The fourth-order valence-corrected chi connectivity index (χ4v) is 2.38. The van der Waals surface area contributed by atoms with E-state index in [1.165, 1.54) is 11.8 Å². The molecule has 0 aliphatic carbocycles. The molecule has 0 fully saturated rings. The Bertz CT molecular complexity index is 574. The molecule has 28 heavy (non-hydrogen) atoms. The van der Waals surface area contributed by atoms with Crippen LogP contribution in [0, 0.1) is 0 Å². The molecule has 0 bridgehead atoms. The van der Waals surface area contributed by atoms with E-state index in [-0.39, 0.29) is 19.3 Å². The molecule has 0 saturated heterocycles. The van der Waals surface area contributed by atoms with Crippen LogP contribution in [0.5, 0.6) is 0 Å². The van der Waals surface area contributed by atoms with Crippen LogP contribution in [0.25, 0.3) is 0 Å². The number of carbonyl (C=O) groups excluding carboxylic acids is 3. The number of carboxylic acids is 2. The second kappa shape index (κ2) is 13.7. The van der Waals surface area contributed by atoms with Crippen LogP contribution in [-0.4, -0.2) is 88.3 Å². The van der Waals surface area contributed by atoms with Crippen molar-refractivity contribution in [2.75, 3.05) is 25.2 Å². The van der Waals surface area contributed by atoms with Gasteiger partial charge in [0.2, 0.25) is 17.7 Å². The highest BCUT2D eigenvalue weighted by Gasteiger charge is 2.26. The zero-order chi connectivity index (χ0) is 21.7. The van der Waals surface area contributed by atoms with Gasteiger partial charge in [-0.15, -0.1) is 0 Å². The van der Waals surface area contributed by atoms with Crippen LogP contribution in [-0.2, 0) is 24.0 Å². The summed E-state index contributed by atoms with van der Waals surface area (Å²) >= 11 is 1.40. The molecule has 0 heterocycles. The molecule has 0 rings (SSSR count). The lowest BCUT2D eigenvalue weighted by Gasteiger charge is -2.20. The Hall–Kier alpha value is -2.38. The Morgan fingerprint density at radius 1 is 1.00 bits per heavy atom. The highest BCUT2D eigenvalue weighted by molar-refractivity contribution is 7.98. The molecular formula is C15H26N4O8S. The van der Waals surface area contributed by atoms with Gasteiger partial charge >= 0.3 is 11.9 Å². The number of thioether (sulfide) groups is 1. The van der Waals surface area contributed by atoms with E-state index in [9.17, 15) is 29.1 Å². The summed E-state index contributed by atoms with van der Waals surface area (Å²) < 4.78 is 0. The van der Waals surface area contributed by atoms with Gasteiger partial charge in [0.1, 0.15) is 12.1 Å². The van der Waals surface area contributed by atoms with Crippen LogP contribution in [0.15, 0.2) is 0 Å². The van der Waals surface area contributed by atoms with Gasteiger partial charge in [0.25, 0.3) is 0 Å².